The third-order valence-electron chi connectivity index (χ3n) is 3.92. The van der Waals surface area contributed by atoms with Crippen LogP contribution in [0.4, 0.5) is 5.69 Å². The molecule has 1 N–H and O–H groups in total. The van der Waals surface area contributed by atoms with E-state index in [1.165, 1.54) is 5.56 Å². The van der Waals surface area contributed by atoms with Gasteiger partial charge in [0.15, 0.2) is 0 Å². The predicted octanol–water partition coefficient (Wildman–Crippen LogP) is 3.00. The number of amides is 1. The summed E-state index contributed by atoms with van der Waals surface area (Å²) >= 11 is 0. The first kappa shape index (κ1) is 18.0. The Kier molecular flexibility index (Phi) is 6.82. The van der Waals surface area contributed by atoms with Crippen molar-refractivity contribution < 1.29 is 4.79 Å². The smallest absolute Gasteiger partial charge is 0.251 e. The Morgan fingerprint density at radius 3 is 2.46 bits per heavy atom. The van der Waals surface area contributed by atoms with Crippen LogP contribution in [0.2, 0.25) is 0 Å². The van der Waals surface area contributed by atoms with Crippen molar-refractivity contribution in [2.24, 2.45) is 0 Å². The number of carbonyl (C=O) groups excluding carboxylic acids is 1. The lowest BCUT2D eigenvalue weighted by molar-refractivity contribution is 0.0952. The van der Waals surface area contributed by atoms with Gasteiger partial charge in [0.25, 0.3) is 5.91 Å². The van der Waals surface area contributed by atoms with Crippen molar-refractivity contribution in [3.8, 4) is 0 Å². The van der Waals surface area contributed by atoms with Crippen LogP contribution in [0.5, 0.6) is 0 Å². The van der Waals surface area contributed by atoms with Crippen LogP contribution in [0.25, 0.3) is 0 Å². The fraction of sp³-hybridized carbons (Fsp3) is 0.350. The van der Waals surface area contributed by atoms with Crippen LogP contribution < -0.4 is 10.2 Å². The van der Waals surface area contributed by atoms with Gasteiger partial charge in [0, 0.05) is 38.4 Å². The standard InChI is InChI=1S/C20H27N3O/c1-22(2)19-12-7-11-18(15-19)20(24)21-13-8-14-23(3)16-17-9-5-4-6-10-17/h4-7,9-12,15H,8,13-14,16H2,1-3H3,(H,21,24). The molecule has 2 rings (SSSR count). The second-order valence-electron chi connectivity index (χ2n) is 6.28. The molecule has 2 aromatic rings. The van der Waals surface area contributed by atoms with Crippen molar-refractivity contribution in [2.75, 3.05) is 39.1 Å². The summed E-state index contributed by atoms with van der Waals surface area (Å²) in [4.78, 5) is 16.5. The molecule has 0 saturated heterocycles. The molecular formula is C20H27N3O. The summed E-state index contributed by atoms with van der Waals surface area (Å²) in [5.41, 5.74) is 3.05. The number of rotatable bonds is 8. The summed E-state index contributed by atoms with van der Waals surface area (Å²) in [6.07, 6.45) is 0.933. The summed E-state index contributed by atoms with van der Waals surface area (Å²) in [6, 6.07) is 18.1. The third kappa shape index (κ3) is 5.70. The largest absolute Gasteiger partial charge is 0.378 e. The quantitative estimate of drug-likeness (QED) is 0.758. The van der Waals surface area contributed by atoms with Gasteiger partial charge in [-0.1, -0.05) is 36.4 Å². The molecule has 0 saturated carbocycles. The lowest BCUT2D eigenvalue weighted by Gasteiger charge is -2.17. The van der Waals surface area contributed by atoms with E-state index in [1.807, 2.05) is 49.3 Å². The summed E-state index contributed by atoms with van der Waals surface area (Å²) < 4.78 is 0. The van der Waals surface area contributed by atoms with E-state index >= 15 is 0 Å². The molecule has 0 radical (unpaired) electrons. The van der Waals surface area contributed by atoms with Crippen molar-refractivity contribution in [3.05, 3.63) is 65.7 Å². The van der Waals surface area contributed by atoms with Crippen molar-refractivity contribution in [2.45, 2.75) is 13.0 Å². The molecule has 2 aromatic carbocycles. The molecule has 0 aliphatic heterocycles. The minimum Gasteiger partial charge on any atom is -0.378 e. The van der Waals surface area contributed by atoms with E-state index in [0.717, 1.165) is 25.2 Å². The fourth-order valence-electron chi connectivity index (χ4n) is 2.55. The topological polar surface area (TPSA) is 35.6 Å². The Hall–Kier alpha value is -2.33. The molecule has 0 spiro atoms. The molecule has 0 aromatic heterocycles. The summed E-state index contributed by atoms with van der Waals surface area (Å²) in [5, 5.41) is 3.00. The van der Waals surface area contributed by atoms with Crippen LogP contribution >= 0.6 is 0 Å². The highest BCUT2D eigenvalue weighted by Gasteiger charge is 2.07. The molecule has 0 unspecified atom stereocenters. The first-order valence-electron chi connectivity index (χ1n) is 8.34. The molecule has 1 amide bonds. The molecule has 4 heteroatoms. The molecular weight excluding hydrogens is 298 g/mol. The van der Waals surface area contributed by atoms with Crippen molar-refractivity contribution >= 4 is 11.6 Å². The Bertz CT molecular complexity index is 640. The number of nitrogens with zero attached hydrogens (tertiary/aromatic N) is 2. The molecule has 0 fully saturated rings. The van der Waals surface area contributed by atoms with Gasteiger partial charge < -0.3 is 15.1 Å². The van der Waals surface area contributed by atoms with Gasteiger partial charge in [0.1, 0.15) is 0 Å². The number of hydrogen-bond acceptors (Lipinski definition) is 3. The van der Waals surface area contributed by atoms with Crippen LogP contribution in [-0.2, 0) is 6.54 Å². The van der Waals surface area contributed by atoms with E-state index in [1.54, 1.807) is 0 Å². The number of nitrogens with one attached hydrogen (secondary N) is 1. The van der Waals surface area contributed by atoms with Crippen molar-refractivity contribution in [1.29, 1.82) is 0 Å². The van der Waals surface area contributed by atoms with Crippen LogP contribution in [-0.4, -0.2) is 45.0 Å². The number of benzene rings is 2. The normalized spacial score (nSPS) is 10.7. The monoisotopic (exact) mass is 325 g/mol. The molecule has 0 bridgehead atoms. The molecule has 0 atom stereocenters. The Balaban J connectivity index is 1.72. The average molecular weight is 325 g/mol. The number of anilines is 1. The molecule has 4 nitrogen and oxygen atoms in total. The molecule has 0 aliphatic carbocycles. The summed E-state index contributed by atoms with van der Waals surface area (Å²) in [5.74, 6) is -0.00980. The highest BCUT2D eigenvalue weighted by molar-refractivity contribution is 5.95. The van der Waals surface area contributed by atoms with Gasteiger partial charge in [0.05, 0.1) is 0 Å². The first-order valence-corrected chi connectivity index (χ1v) is 8.34. The Morgan fingerprint density at radius 2 is 1.75 bits per heavy atom. The van der Waals surface area contributed by atoms with Crippen molar-refractivity contribution in [3.63, 3.8) is 0 Å². The minimum absolute atomic E-state index is 0.00980. The van der Waals surface area contributed by atoms with Gasteiger partial charge in [-0.2, -0.15) is 0 Å². The zero-order chi connectivity index (χ0) is 17.4. The lowest BCUT2D eigenvalue weighted by atomic mass is 10.2. The van der Waals surface area contributed by atoms with Crippen LogP contribution in [0.15, 0.2) is 54.6 Å². The second-order valence-corrected chi connectivity index (χ2v) is 6.28. The average Bonchev–Trinajstić information content (AvgIpc) is 2.59. The summed E-state index contributed by atoms with van der Waals surface area (Å²) in [7, 11) is 6.05. The van der Waals surface area contributed by atoms with Gasteiger partial charge in [-0.05, 0) is 43.8 Å². The highest BCUT2D eigenvalue weighted by Crippen LogP contribution is 2.13. The highest BCUT2D eigenvalue weighted by atomic mass is 16.1. The van der Waals surface area contributed by atoms with Crippen LogP contribution in [0.1, 0.15) is 22.3 Å². The van der Waals surface area contributed by atoms with E-state index in [-0.39, 0.29) is 5.91 Å². The zero-order valence-corrected chi connectivity index (χ0v) is 14.8. The third-order valence-corrected chi connectivity index (χ3v) is 3.92. The van der Waals surface area contributed by atoms with E-state index in [0.29, 0.717) is 12.1 Å². The van der Waals surface area contributed by atoms with E-state index < -0.39 is 0 Å². The maximum Gasteiger partial charge on any atom is 0.251 e. The van der Waals surface area contributed by atoms with Gasteiger partial charge in [0.2, 0.25) is 0 Å². The van der Waals surface area contributed by atoms with Gasteiger partial charge in [-0.3, -0.25) is 4.79 Å². The molecule has 24 heavy (non-hydrogen) atoms. The summed E-state index contributed by atoms with van der Waals surface area (Å²) in [6.45, 7) is 2.57. The molecule has 128 valence electrons. The molecule has 0 heterocycles. The van der Waals surface area contributed by atoms with Gasteiger partial charge >= 0.3 is 0 Å². The second kappa shape index (κ2) is 9.08. The van der Waals surface area contributed by atoms with Gasteiger partial charge in [-0.15, -0.1) is 0 Å². The van der Waals surface area contributed by atoms with Crippen molar-refractivity contribution in [1.82, 2.24) is 10.2 Å². The van der Waals surface area contributed by atoms with E-state index in [2.05, 4.69) is 41.5 Å². The lowest BCUT2D eigenvalue weighted by Crippen LogP contribution is -2.28. The Labute approximate surface area is 145 Å². The van der Waals surface area contributed by atoms with E-state index in [4.69, 9.17) is 0 Å². The van der Waals surface area contributed by atoms with E-state index in [9.17, 15) is 4.79 Å². The van der Waals surface area contributed by atoms with Crippen LogP contribution in [0, 0.1) is 0 Å². The molecule has 0 aliphatic rings. The van der Waals surface area contributed by atoms with Crippen LogP contribution in [0.3, 0.4) is 0 Å². The SMILES string of the molecule is CN(CCCNC(=O)c1cccc(N(C)C)c1)Cc1ccccc1. The maximum atomic E-state index is 12.2. The number of hydrogen-bond donors (Lipinski definition) is 1. The zero-order valence-electron chi connectivity index (χ0n) is 14.8. The number of carbonyl (C=O) groups is 1. The predicted molar refractivity (Wildman–Crippen MR) is 100 cm³/mol. The van der Waals surface area contributed by atoms with Gasteiger partial charge in [-0.25, -0.2) is 0 Å². The maximum absolute atomic E-state index is 12.2. The minimum atomic E-state index is -0.00980. The Morgan fingerprint density at radius 1 is 1.00 bits per heavy atom. The first-order chi connectivity index (χ1) is 11.6. The fourth-order valence-corrected chi connectivity index (χ4v) is 2.55.